The topological polar surface area (TPSA) is 49.8 Å². The van der Waals surface area contributed by atoms with Gasteiger partial charge in [0.25, 0.3) is 0 Å². The van der Waals surface area contributed by atoms with E-state index in [-0.39, 0.29) is 5.92 Å². The molecule has 1 aliphatic heterocycles. The summed E-state index contributed by atoms with van der Waals surface area (Å²) in [6.45, 7) is 2.84. The van der Waals surface area contributed by atoms with Crippen molar-refractivity contribution in [2.45, 2.75) is 32.2 Å². The van der Waals surface area contributed by atoms with E-state index in [0.717, 1.165) is 31.7 Å². The fraction of sp³-hybridized carbons (Fsp3) is 0.346. The third kappa shape index (κ3) is 5.39. The van der Waals surface area contributed by atoms with Crippen LogP contribution in [-0.2, 0) is 17.8 Å². The van der Waals surface area contributed by atoms with Crippen molar-refractivity contribution in [3.63, 3.8) is 0 Å². The predicted molar refractivity (Wildman–Crippen MR) is 120 cm³/mol. The number of hydrogen-bond acceptors (Lipinski definition) is 3. The molecule has 3 aromatic carbocycles. The summed E-state index contributed by atoms with van der Waals surface area (Å²) in [5.74, 6) is 0.0299. The Bertz CT molecular complexity index is 980. The quantitative estimate of drug-likeness (QED) is 0.476. The molecule has 0 bridgehead atoms. The zero-order chi connectivity index (χ0) is 20.8. The second kappa shape index (κ2) is 9.77. The molecule has 0 saturated carbocycles. The summed E-state index contributed by atoms with van der Waals surface area (Å²) in [5, 5.41) is 11.4. The van der Waals surface area contributed by atoms with Gasteiger partial charge in [-0.15, -0.1) is 0 Å². The van der Waals surface area contributed by atoms with Crippen LogP contribution in [0.25, 0.3) is 10.8 Å². The second-order valence-corrected chi connectivity index (χ2v) is 8.22. The monoisotopic (exact) mass is 403 g/mol. The largest absolute Gasteiger partial charge is 0.494 e. The first-order valence-corrected chi connectivity index (χ1v) is 10.8. The molecule has 0 radical (unpaired) electrons. The molecular weight excluding hydrogens is 374 g/mol. The third-order valence-corrected chi connectivity index (χ3v) is 5.81. The summed E-state index contributed by atoms with van der Waals surface area (Å²) in [6, 6.07) is 23.3. The third-order valence-electron chi connectivity index (χ3n) is 5.81. The van der Waals surface area contributed by atoms with Crippen LogP contribution in [0.4, 0.5) is 0 Å². The summed E-state index contributed by atoms with van der Waals surface area (Å²) < 4.78 is 5.96. The summed E-state index contributed by atoms with van der Waals surface area (Å²) in [5.41, 5.74) is 2.63. The van der Waals surface area contributed by atoms with Crippen LogP contribution in [0.3, 0.4) is 0 Å². The number of aliphatic carboxylic acids is 1. The highest BCUT2D eigenvalue weighted by Crippen LogP contribution is 2.25. The first-order valence-electron chi connectivity index (χ1n) is 10.8. The lowest BCUT2D eigenvalue weighted by molar-refractivity contribution is -0.147. The van der Waals surface area contributed by atoms with Gasteiger partial charge in [0.2, 0.25) is 0 Å². The van der Waals surface area contributed by atoms with E-state index in [1.807, 2.05) is 6.07 Å². The number of ether oxygens (including phenoxy) is 1. The van der Waals surface area contributed by atoms with Gasteiger partial charge in [0, 0.05) is 19.6 Å². The van der Waals surface area contributed by atoms with Crippen molar-refractivity contribution < 1.29 is 14.6 Å². The van der Waals surface area contributed by atoms with Crippen LogP contribution in [0.1, 0.15) is 30.4 Å². The number of aryl methyl sites for hydroxylation is 1. The molecule has 0 spiro atoms. The Kier molecular flexibility index (Phi) is 6.65. The van der Waals surface area contributed by atoms with Crippen molar-refractivity contribution >= 4 is 16.7 Å². The minimum atomic E-state index is -0.687. The number of benzene rings is 3. The van der Waals surface area contributed by atoms with Gasteiger partial charge in [-0.2, -0.15) is 0 Å². The number of likely N-dealkylation sites (tertiary alicyclic amines) is 1. The second-order valence-electron chi connectivity index (χ2n) is 8.22. The van der Waals surface area contributed by atoms with E-state index in [1.54, 1.807) is 0 Å². The van der Waals surface area contributed by atoms with E-state index in [0.29, 0.717) is 13.1 Å². The van der Waals surface area contributed by atoms with E-state index in [2.05, 4.69) is 65.6 Å². The molecule has 0 unspecified atom stereocenters. The molecule has 1 saturated heterocycles. The highest BCUT2D eigenvalue weighted by Gasteiger charge is 2.32. The number of nitrogens with zero attached hydrogens (tertiary/aromatic N) is 1. The standard InChI is InChI=1S/C26H29NO3/c28-26(29)24-18-27(19-24)17-21-10-11-23-16-25(13-12-22(23)15-21)30-14-6-2-5-9-20-7-3-1-4-8-20/h1,3-4,7-8,10-13,15-16,24H,2,5-6,9,14,17-19H2,(H,28,29). The maximum absolute atomic E-state index is 10.9. The summed E-state index contributed by atoms with van der Waals surface area (Å²) >= 11 is 0. The van der Waals surface area contributed by atoms with Gasteiger partial charge in [-0.1, -0.05) is 48.5 Å². The Hall–Kier alpha value is -2.85. The molecule has 30 heavy (non-hydrogen) atoms. The summed E-state index contributed by atoms with van der Waals surface area (Å²) in [4.78, 5) is 13.1. The molecule has 1 heterocycles. The molecule has 0 aliphatic carbocycles. The number of unbranched alkanes of at least 4 members (excludes halogenated alkanes) is 2. The number of hydrogen-bond donors (Lipinski definition) is 1. The molecular formula is C26H29NO3. The number of carboxylic acids is 1. The molecule has 0 amide bonds. The van der Waals surface area contributed by atoms with Crippen molar-refractivity contribution in [1.29, 1.82) is 0 Å². The number of carboxylic acid groups (broad SMARTS) is 1. The molecule has 156 valence electrons. The van der Waals surface area contributed by atoms with Gasteiger partial charge in [-0.05, 0) is 65.8 Å². The number of carbonyl (C=O) groups is 1. The number of rotatable bonds is 10. The first kappa shape index (κ1) is 20.4. The first-order chi connectivity index (χ1) is 14.7. The molecule has 4 rings (SSSR count). The smallest absolute Gasteiger partial charge is 0.309 e. The highest BCUT2D eigenvalue weighted by molar-refractivity contribution is 5.84. The van der Waals surface area contributed by atoms with Crippen LogP contribution in [0, 0.1) is 5.92 Å². The van der Waals surface area contributed by atoms with Crippen molar-refractivity contribution in [3.05, 3.63) is 77.9 Å². The Morgan fingerprint density at radius 2 is 1.67 bits per heavy atom. The van der Waals surface area contributed by atoms with Crippen LogP contribution >= 0.6 is 0 Å². The molecule has 1 N–H and O–H groups in total. The van der Waals surface area contributed by atoms with E-state index in [1.165, 1.54) is 34.7 Å². The van der Waals surface area contributed by atoms with Gasteiger partial charge in [0.15, 0.2) is 0 Å². The lowest BCUT2D eigenvalue weighted by Crippen LogP contribution is -2.49. The predicted octanol–water partition coefficient (Wildman–Crippen LogP) is 5.15. The van der Waals surface area contributed by atoms with Crippen molar-refractivity contribution in [2.24, 2.45) is 5.92 Å². The molecule has 1 aliphatic rings. The zero-order valence-electron chi connectivity index (χ0n) is 17.3. The summed E-state index contributed by atoms with van der Waals surface area (Å²) in [6.07, 6.45) is 4.56. The lowest BCUT2D eigenvalue weighted by Gasteiger charge is -2.36. The normalized spacial score (nSPS) is 14.5. The minimum Gasteiger partial charge on any atom is -0.494 e. The zero-order valence-corrected chi connectivity index (χ0v) is 17.3. The number of fused-ring (bicyclic) bond motifs is 1. The van der Waals surface area contributed by atoms with Gasteiger partial charge in [0.05, 0.1) is 12.5 Å². The molecule has 4 heteroatoms. The van der Waals surface area contributed by atoms with Crippen molar-refractivity contribution in [2.75, 3.05) is 19.7 Å². The molecule has 1 fully saturated rings. The van der Waals surface area contributed by atoms with E-state index >= 15 is 0 Å². The molecule has 4 nitrogen and oxygen atoms in total. The van der Waals surface area contributed by atoms with Crippen LogP contribution in [0.2, 0.25) is 0 Å². The van der Waals surface area contributed by atoms with Crippen LogP contribution < -0.4 is 4.74 Å². The highest BCUT2D eigenvalue weighted by atomic mass is 16.5. The Labute approximate surface area is 178 Å². The van der Waals surface area contributed by atoms with E-state index in [4.69, 9.17) is 9.84 Å². The maximum Gasteiger partial charge on any atom is 0.309 e. The maximum atomic E-state index is 10.9. The Morgan fingerprint density at radius 1 is 0.900 bits per heavy atom. The van der Waals surface area contributed by atoms with Gasteiger partial charge < -0.3 is 9.84 Å². The average Bonchev–Trinajstić information content (AvgIpc) is 2.73. The van der Waals surface area contributed by atoms with E-state index < -0.39 is 5.97 Å². The fourth-order valence-electron chi connectivity index (χ4n) is 4.02. The Morgan fingerprint density at radius 3 is 2.47 bits per heavy atom. The molecule has 0 atom stereocenters. The van der Waals surface area contributed by atoms with Crippen LogP contribution in [0.5, 0.6) is 5.75 Å². The van der Waals surface area contributed by atoms with Crippen molar-refractivity contribution in [3.8, 4) is 5.75 Å². The summed E-state index contributed by atoms with van der Waals surface area (Å²) in [7, 11) is 0. The van der Waals surface area contributed by atoms with Gasteiger partial charge in [-0.3, -0.25) is 9.69 Å². The fourth-order valence-corrected chi connectivity index (χ4v) is 4.02. The Balaban J connectivity index is 1.21. The minimum absolute atomic E-state index is 0.205. The van der Waals surface area contributed by atoms with Crippen molar-refractivity contribution in [1.82, 2.24) is 4.90 Å². The van der Waals surface area contributed by atoms with Gasteiger partial charge >= 0.3 is 5.97 Å². The van der Waals surface area contributed by atoms with Crippen LogP contribution in [0.15, 0.2) is 66.7 Å². The average molecular weight is 404 g/mol. The van der Waals surface area contributed by atoms with E-state index in [9.17, 15) is 4.79 Å². The lowest BCUT2D eigenvalue weighted by atomic mass is 9.99. The molecule has 0 aromatic heterocycles. The molecule has 3 aromatic rings. The van der Waals surface area contributed by atoms with Gasteiger partial charge in [-0.25, -0.2) is 0 Å². The van der Waals surface area contributed by atoms with Crippen LogP contribution in [-0.4, -0.2) is 35.7 Å². The SMILES string of the molecule is O=C(O)C1CN(Cc2ccc3cc(OCCCCCc4ccccc4)ccc3c2)C1. The van der Waals surface area contributed by atoms with Gasteiger partial charge in [0.1, 0.15) is 5.75 Å².